The van der Waals surface area contributed by atoms with Crippen LogP contribution in [0.1, 0.15) is 32.7 Å². The molecule has 3 rings (SSSR count). The summed E-state index contributed by atoms with van der Waals surface area (Å²) in [6.45, 7) is 5.52. The second-order valence-corrected chi connectivity index (χ2v) is 6.06. The van der Waals surface area contributed by atoms with Gasteiger partial charge in [0.2, 0.25) is 11.8 Å². The molecular weight excluding hydrogens is 284 g/mol. The van der Waals surface area contributed by atoms with Crippen molar-refractivity contribution in [3.05, 3.63) is 12.3 Å². The zero-order chi connectivity index (χ0) is 15.7. The van der Waals surface area contributed by atoms with E-state index in [9.17, 15) is 9.59 Å². The third kappa shape index (κ3) is 2.99. The molecule has 3 atom stereocenters. The molecule has 0 bridgehead atoms. The van der Waals surface area contributed by atoms with Crippen LogP contribution < -0.4 is 5.32 Å². The van der Waals surface area contributed by atoms with Crippen LogP contribution in [-0.2, 0) is 14.3 Å². The molecule has 3 heterocycles. The number of aromatic nitrogens is 2. The molecule has 2 aliphatic rings. The molecule has 22 heavy (non-hydrogen) atoms. The average Bonchev–Trinajstić information content (AvgIpc) is 3.16. The van der Waals surface area contributed by atoms with Crippen LogP contribution in [-0.4, -0.2) is 52.3 Å². The molecule has 0 radical (unpaired) electrons. The van der Waals surface area contributed by atoms with Gasteiger partial charge in [0.15, 0.2) is 5.82 Å². The van der Waals surface area contributed by atoms with Crippen LogP contribution in [0.5, 0.6) is 0 Å². The third-order valence-electron chi connectivity index (χ3n) is 4.46. The van der Waals surface area contributed by atoms with Crippen molar-refractivity contribution in [2.24, 2.45) is 5.92 Å². The van der Waals surface area contributed by atoms with Gasteiger partial charge in [-0.3, -0.25) is 14.3 Å². The van der Waals surface area contributed by atoms with Crippen molar-refractivity contribution in [2.45, 2.75) is 38.8 Å². The Morgan fingerprint density at radius 1 is 1.41 bits per heavy atom. The smallest absolute Gasteiger partial charge is 0.228 e. The van der Waals surface area contributed by atoms with Gasteiger partial charge in [0.05, 0.1) is 18.1 Å². The number of hydrogen-bond acceptors (Lipinski definition) is 4. The van der Waals surface area contributed by atoms with Crippen LogP contribution in [0.4, 0.5) is 5.82 Å². The van der Waals surface area contributed by atoms with Gasteiger partial charge in [0.1, 0.15) is 0 Å². The van der Waals surface area contributed by atoms with Crippen molar-refractivity contribution in [1.82, 2.24) is 14.7 Å². The number of nitrogens with zero attached hydrogens (tertiary/aromatic N) is 3. The van der Waals surface area contributed by atoms with Crippen molar-refractivity contribution in [3.63, 3.8) is 0 Å². The molecule has 1 aromatic rings. The quantitative estimate of drug-likeness (QED) is 0.905. The standard InChI is InChI=1S/C15H22N4O3/c1-10-13(5-8-22-10)15(21)18-6-3-12(9-18)19-7-4-14(17-19)16-11(2)20/h4,7,10,12-13H,3,5-6,8-9H2,1-2H3,(H,16,17,20)/t10-,12+,13-/m0/s1. The second-order valence-electron chi connectivity index (χ2n) is 6.06. The lowest BCUT2D eigenvalue weighted by atomic mass is 10.0. The van der Waals surface area contributed by atoms with Gasteiger partial charge in [-0.25, -0.2) is 0 Å². The van der Waals surface area contributed by atoms with Gasteiger partial charge in [0.25, 0.3) is 0 Å². The molecule has 0 spiro atoms. The van der Waals surface area contributed by atoms with E-state index >= 15 is 0 Å². The molecule has 1 aromatic heterocycles. The molecule has 0 aliphatic carbocycles. The largest absolute Gasteiger partial charge is 0.378 e. The first kappa shape index (κ1) is 15.0. The Morgan fingerprint density at radius 3 is 2.91 bits per heavy atom. The highest BCUT2D eigenvalue weighted by Gasteiger charge is 2.37. The summed E-state index contributed by atoms with van der Waals surface area (Å²) in [6.07, 6.45) is 3.57. The SMILES string of the molecule is CC(=O)Nc1ccn([C@@H]2CCN(C(=O)[C@H]3CCO[C@H]3C)C2)n1. The van der Waals surface area contributed by atoms with Crippen LogP contribution in [0, 0.1) is 5.92 Å². The van der Waals surface area contributed by atoms with E-state index in [-0.39, 0.29) is 29.9 Å². The first-order valence-electron chi connectivity index (χ1n) is 7.77. The van der Waals surface area contributed by atoms with Crippen LogP contribution in [0.2, 0.25) is 0 Å². The Bertz CT molecular complexity index is 571. The summed E-state index contributed by atoms with van der Waals surface area (Å²) in [6, 6.07) is 1.95. The average molecular weight is 306 g/mol. The molecule has 2 fully saturated rings. The lowest BCUT2D eigenvalue weighted by molar-refractivity contribution is -0.136. The van der Waals surface area contributed by atoms with E-state index < -0.39 is 0 Å². The van der Waals surface area contributed by atoms with Gasteiger partial charge >= 0.3 is 0 Å². The lowest BCUT2D eigenvalue weighted by Gasteiger charge is -2.22. The van der Waals surface area contributed by atoms with Crippen LogP contribution in [0.25, 0.3) is 0 Å². The van der Waals surface area contributed by atoms with E-state index in [1.165, 1.54) is 6.92 Å². The van der Waals surface area contributed by atoms with Crippen LogP contribution in [0.3, 0.4) is 0 Å². The van der Waals surface area contributed by atoms with Gasteiger partial charge in [0, 0.05) is 38.9 Å². The van der Waals surface area contributed by atoms with E-state index in [0.717, 1.165) is 19.4 Å². The zero-order valence-corrected chi connectivity index (χ0v) is 13.0. The van der Waals surface area contributed by atoms with Gasteiger partial charge in [-0.2, -0.15) is 5.10 Å². The fourth-order valence-electron chi connectivity index (χ4n) is 3.24. The number of hydrogen-bond donors (Lipinski definition) is 1. The maximum atomic E-state index is 12.5. The summed E-state index contributed by atoms with van der Waals surface area (Å²) < 4.78 is 7.33. The number of carbonyl (C=O) groups is 2. The van der Waals surface area contributed by atoms with E-state index in [1.807, 2.05) is 22.7 Å². The summed E-state index contributed by atoms with van der Waals surface area (Å²) in [4.78, 5) is 25.5. The first-order chi connectivity index (χ1) is 10.5. The maximum absolute atomic E-state index is 12.5. The normalized spacial score (nSPS) is 28.1. The first-order valence-corrected chi connectivity index (χ1v) is 7.77. The predicted molar refractivity (Wildman–Crippen MR) is 80.3 cm³/mol. The second kappa shape index (κ2) is 6.08. The monoisotopic (exact) mass is 306 g/mol. The molecule has 7 heteroatoms. The van der Waals surface area contributed by atoms with E-state index in [2.05, 4.69) is 10.4 Å². The summed E-state index contributed by atoms with van der Waals surface area (Å²) >= 11 is 0. The highest BCUT2D eigenvalue weighted by atomic mass is 16.5. The molecule has 1 N–H and O–H groups in total. The van der Waals surface area contributed by atoms with Crippen molar-refractivity contribution >= 4 is 17.6 Å². The van der Waals surface area contributed by atoms with Crippen molar-refractivity contribution in [1.29, 1.82) is 0 Å². The summed E-state index contributed by atoms with van der Waals surface area (Å²) in [5, 5.41) is 7.03. The van der Waals surface area contributed by atoms with Crippen LogP contribution in [0.15, 0.2) is 12.3 Å². The fourth-order valence-corrected chi connectivity index (χ4v) is 3.24. The number of nitrogens with one attached hydrogen (secondary N) is 1. The van der Waals surface area contributed by atoms with Crippen molar-refractivity contribution < 1.29 is 14.3 Å². The van der Waals surface area contributed by atoms with E-state index in [4.69, 9.17) is 4.74 Å². The zero-order valence-electron chi connectivity index (χ0n) is 13.0. The number of ether oxygens (including phenoxy) is 1. The molecule has 7 nitrogen and oxygen atoms in total. The molecule has 0 aromatic carbocycles. The summed E-state index contributed by atoms with van der Waals surface area (Å²) in [5.74, 6) is 0.604. The summed E-state index contributed by atoms with van der Waals surface area (Å²) in [7, 11) is 0. The number of rotatable bonds is 3. The highest BCUT2D eigenvalue weighted by Crippen LogP contribution is 2.28. The molecular formula is C15H22N4O3. The molecule has 0 unspecified atom stereocenters. The summed E-state index contributed by atoms with van der Waals surface area (Å²) in [5.41, 5.74) is 0. The molecule has 2 aliphatic heterocycles. The Kier molecular flexibility index (Phi) is 4.15. The van der Waals surface area contributed by atoms with Crippen molar-refractivity contribution in [3.8, 4) is 0 Å². The minimum Gasteiger partial charge on any atom is -0.378 e. The Morgan fingerprint density at radius 2 is 2.23 bits per heavy atom. The minimum absolute atomic E-state index is 0.00804. The topological polar surface area (TPSA) is 76.5 Å². The van der Waals surface area contributed by atoms with Gasteiger partial charge in [-0.1, -0.05) is 0 Å². The molecule has 0 saturated carbocycles. The maximum Gasteiger partial charge on any atom is 0.228 e. The predicted octanol–water partition coefficient (Wildman–Crippen LogP) is 1.04. The molecule has 2 amide bonds. The Hall–Kier alpha value is -1.89. The van der Waals surface area contributed by atoms with E-state index in [1.54, 1.807) is 6.07 Å². The van der Waals surface area contributed by atoms with Crippen LogP contribution >= 0.6 is 0 Å². The number of likely N-dealkylation sites (tertiary alicyclic amines) is 1. The number of carbonyl (C=O) groups excluding carboxylic acids is 2. The van der Waals surface area contributed by atoms with Gasteiger partial charge in [-0.15, -0.1) is 0 Å². The molecule has 2 saturated heterocycles. The Labute approximate surface area is 129 Å². The number of amides is 2. The lowest BCUT2D eigenvalue weighted by Crippen LogP contribution is -2.37. The van der Waals surface area contributed by atoms with Gasteiger partial charge in [-0.05, 0) is 19.8 Å². The Balaban J connectivity index is 1.61. The highest BCUT2D eigenvalue weighted by molar-refractivity contribution is 5.87. The van der Waals surface area contributed by atoms with Gasteiger partial charge < -0.3 is 15.0 Å². The fraction of sp³-hybridized carbons (Fsp3) is 0.667. The van der Waals surface area contributed by atoms with E-state index in [0.29, 0.717) is 19.0 Å². The van der Waals surface area contributed by atoms with Crippen molar-refractivity contribution in [2.75, 3.05) is 25.0 Å². The molecule has 120 valence electrons. The minimum atomic E-state index is -0.135. The number of anilines is 1. The third-order valence-corrected chi connectivity index (χ3v) is 4.46.